The highest BCUT2D eigenvalue weighted by atomic mass is 35.5. The van der Waals surface area contributed by atoms with Gasteiger partial charge in [0.25, 0.3) is 0 Å². The summed E-state index contributed by atoms with van der Waals surface area (Å²) in [5.74, 6) is 1.33. The Hall–Kier alpha value is -1.79. The van der Waals surface area contributed by atoms with E-state index in [0.29, 0.717) is 5.75 Å². The maximum absolute atomic E-state index is 10.3. The van der Waals surface area contributed by atoms with E-state index < -0.39 is 0 Å². The zero-order valence-corrected chi connectivity index (χ0v) is 18.5. The predicted molar refractivity (Wildman–Crippen MR) is 121 cm³/mol. The first kappa shape index (κ1) is 22.9. The Kier molecular flexibility index (Phi) is 8.00. The number of ether oxygens (including phenoxy) is 2. The van der Waals surface area contributed by atoms with Crippen molar-refractivity contribution < 1.29 is 14.6 Å². The van der Waals surface area contributed by atoms with Crippen LogP contribution in [0.5, 0.6) is 11.5 Å². The van der Waals surface area contributed by atoms with Gasteiger partial charge in [-0.15, -0.1) is 12.4 Å². The maximum Gasteiger partial charge on any atom is 0.123 e. The lowest BCUT2D eigenvalue weighted by molar-refractivity contribution is 0.0339. The van der Waals surface area contributed by atoms with Gasteiger partial charge in [0.1, 0.15) is 11.5 Å². The molecule has 1 saturated carbocycles. The molecule has 1 saturated heterocycles. The molecule has 1 heterocycles. The van der Waals surface area contributed by atoms with E-state index in [-0.39, 0.29) is 17.9 Å². The van der Waals surface area contributed by atoms with Gasteiger partial charge in [-0.05, 0) is 36.6 Å². The topological polar surface area (TPSA) is 54.0 Å². The molecule has 0 aromatic heterocycles. The second-order valence-electron chi connectivity index (χ2n) is 8.19. The van der Waals surface area contributed by atoms with Gasteiger partial charge in [0.15, 0.2) is 0 Å². The van der Waals surface area contributed by atoms with E-state index in [9.17, 15) is 5.11 Å². The summed E-state index contributed by atoms with van der Waals surface area (Å²) in [6.45, 7) is 4.90. The van der Waals surface area contributed by atoms with Gasteiger partial charge in [-0.2, -0.15) is 0 Å². The van der Waals surface area contributed by atoms with Crippen molar-refractivity contribution in [2.24, 2.45) is 0 Å². The standard InChI is InChI=1S/C24H32N2O3.ClH/c1-28-23-7-3-2-6-21(23)24(10-4-5-11-24)25-17-19-8-9-22(27)20(16-19)18-26-12-14-29-15-13-26;/h2-3,6-9,16,25,27H,4-5,10-15,17-18H2,1H3;1H. The van der Waals surface area contributed by atoms with Gasteiger partial charge in [0.2, 0.25) is 0 Å². The Morgan fingerprint density at radius 3 is 2.57 bits per heavy atom. The van der Waals surface area contributed by atoms with Crippen LogP contribution in [-0.2, 0) is 23.4 Å². The number of halogens is 1. The Balaban J connectivity index is 0.00000256. The summed E-state index contributed by atoms with van der Waals surface area (Å²) in [5.41, 5.74) is 3.40. The molecule has 0 unspecified atom stereocenters. The number of nitrogens with one attached hydrogen (secondary N) is 1. The minimum atomic E-state index is -0.0468. The second kappa shape index (κ2) is 10.5. The van der Waals surface area contributed by atoms with Gasteiger partial charge >= 0.3 is 0 Å². The lowest BCUT2D eigenvalue weighted by Gasteiger charge is -2.33. The van der Waals surface area contributed by atoms with E-state index in [1.165, 1.54) is 24.0 Å². The van der Waals surface area contributed by atoms with Gasteiger partial charge in [0.05, 0.1) is 20.3 Å². The minimum Gasteiger partial charge on any atom is -0.508 e. The third-order valence-corrected chi connectivity index (χ3v) is 6.35. The summed E-state index contributed by atoms with van der Waals surface area (Å²) >= 11 is 0. The number of phenols is 1. The third kappa shape index (κ3) is 5.09. The first-order valence-corrected chi connectivity index (χ1v) is 10.7. The van der Waals surface area contributed by atoms with Crippen molar-refractivity contribution in [2.45, 2.75) is 44.3 Å². The lowest BCUT2D eigenvalue weighted by Crippen LogP contribution is -2.39. The van der Waals surface area contributed by atoms with Crippen LogP contribution in [0.15, 0.2) is 42.5 Å². The van der Waals surface area contributed by atoms with Gasteiger partial charge in [-0.3, -0.25) is 4.90 Å². The van der Waals surface area contributed by atoms with Crippen LogP contribution in [0.1, 0.15) is 42.4 Å². The van der Waals surface area contributed by atoms with Crippen LogP contribution in [0.25, 0.3) is 0 Å². The highest BCUT2D eigenvalue weighted by Gasteiger charge is 2.37. The molecule has 2 fully saturated rings. The highest BCUT2D eigenvalue weighted by Crippen LogP contribution is 2.42. The number of para-hydroxylation sites is 1. The summed E-state index contributed by atoms with van der Waals surface area (Å²) in [6.07, 6.45) is 4.68. The molecular formula is C24H33ClN2O3. The van der Waals surface area contributed by atoms with Gasteiger partial charge < -0.3 is 19.9 Å². The molecule has 0 spiro atoms. The van der Waals surface area contributed by atoms with Crippen LogP contribution >= 0.6 is 12.4 Å². The number of methoxy groups -OCH3 is 1. The number of hydrogen-bond acceptors (Lipinski definition) is 5. The van der Waals surface area contributed by atoms with Gasteiger partial charge in [0, 0.05) is 42.8 Å². The van der Waals surface area contributed by atoms with E-state index >= 15 is 0 Å². The van der Waals surface area contributed by atoms with Crippen molar-refractivity contribution in [1.29, 1.82) is 0 Å². The average molecular weight is 433 g/mol. The molecule has 2 aliphatic rings. The summed E-state index contributed by atoms with van der Waals surface area (Å²) in [6, 6.07) is 14.4. The molecule has 30 heavy (non-hydrogen) atoms. The Bertz CT molecular complexity index is 818. The van der Waals surface area contributed by atoms with E-state index in [1.54, 1.807) is 7.11 Å². The molecule has 0 amide bonds. The molecule has 164 valence electrons. The van der Waals surface area contributed by atoms with E-state index in [2.05, 4.69) is 34.5 Å². The van der Waals surface area contributed by atoms with Crippen LogP contribution in [0.4, 0.5) is 0 Å². The molecule has 5 nitrogen and oxygen atoms in total. The van der Waals surface area contributed by atoms with Crippen molar-refractivity contribution in [3.63, 3.8) is 0 Å². The number of aromatic hydroxyl groups is 1. The first-order chi connectivity index (χ1) is 14.2. The smallest absolute Gasteiger partial charge is 0.123 e. The highest BCUT2D eigenvalue weighted by molar-refractivity contribution is 5.85. The summed E-state index contributed by atoms with van der Waals surface area (Å²) < 4.78 is 11.1. The fourth-order valence-electron chi connectivity index (χ4n) is 4.71. The van der Waals surface area contributed by atoms with E-state index in [0.717, 1.165) is 63.5 Å². The predicted octanol–water partition coefficient (Wildman–Crippen LogP) is 4.21. The summed E-state index contributed by atoms with van der Waals surface area (Å²) in [4.78, 5) is 2.34. The molecule has 4 rings (SSSR count). The average Bonchev–Trinajstić information content (AvgIpc) is 3.25. The molecule has 2 aromatic carbocycles. The monoisotopic (exact) mass is 432 g/mol. The summed E-state index contributed by atoms with van der Waals surface area (Å²) in [5, 5.41) is 14.2. The van der Waals surface area contributed by atoms with Crippen molar-refractivity contribution in [3.8, 4) is 11.5 Å². The van der Waals surface area contributed by atoms with Crippen LogP contribution in [-0.4, -0.2) is 43.4 Å². The third-order valence-electron chi connectivity index (χ3n) is 6.35. The van der Waals surface area contributed by atoms with E-state index in [4.69, 9.17) is 9.47 Å². The van der Waals surface area contributed by atoms with Crippen molar-refractivity contribution in [1.82, 2.24) is 10.2 Å². The Morgan fingerprint density at radius 2 is 1.83 bits per heavy atom. The first-order valence-electron chi connectivity index (χ1n) is 10.7. The number of hydrogen-bond donors (Lipinski definition) is 2. The van der Waals surface area contributed by atoms with Crippen molar-refractivity contribution >= 4 is 12.4 Å². The fraction of sp³-hybridized carbons (Fsp3) is 0.500. The Labute approximate surface area is 185 Å². The van der Waals surface area contributed by atoms with Gasteiger partial charge in [-0.1, -0.05) is 37.1 Å². The molecule has 2 N–H and O–H groups in total. The lowest BCUT2D eigenvalue weighted by atomic mass is 9.87. The van der Waals surface area contributed by atoms with E-state index in [1.807, 2.05) is 18.2 Å². The fourth-order valence-corrected chi connectivity index (χ4v) is 4.71. The number of phenolic OH excluding ortho intramolecular Hbond substituents is 1. The minimum absolute atomic E-state index is 0. The van der Waals surface area contributed by atoms with Crippen molar-refractivity contribution in [3.05, 3.63) is 59.2 Å². The van der Waals surface area contributed by atoms with Crippen LogP contribution in [0, 0.1) is 0 Å². The van der Waals surface area contributed by atoms with Crippen molar-refractivity contribution in [2.75, 3.05) is 33.4 Å². The molecule has 0 radical (unpaired) electrons. The number of rotatable bonds is 7. The van der Waals surface area contributed by atoms with Crippen LogP contribution in [0.2, 0.25) is 0 Å². The maximum atomic E-state index is 10.3. The largest absolute Gasteiger partial charge is 0.508 e. The number of morpholine rings is 1. The molecule has 0 bridgehead atoms. The van der Waals surface area contributed by atoms with Crippen LogP contribution < -0.4 is 10.1 Å². The second-order valence-corrected chi connectivity index (χ2v) is 8.19. The number of nitrogens with zero attached hydrogens (tertiary/aromatic N) is 1. The zero-order chi connectivity index (χ0) is 20.1. The van der Waals surface area contributed by atoms with Crippen LogP contribution in [0.3, 0.4) is 0 Å². The molecule has 2 aromatic rings. The normalized spacial score (nSPS) is 18.7. The molecule has 6 heteroatoms. The zero-order valence-electron chi connectivity index (χ0n) is 17.7. The molecular weight excluding hydrogens is 400 g/mol. The summed E-state index contributed by atoms with van der Waals surface area (Å²) in [7, 11) is 1.75. The van der Waals surface area contributed by atoms with Gasteiger partial charge in [-0.25, -0.2) is 0 Å². The molecule has 1 aliphatic heterocycles. The SMILES string of the molecule is COc1ccccc1C1(NCc2ccc(O)c(CN3CCOCC3)c2)CCCC1.Cl. The number of benzene rings is 2. The molecule has 0 atom stereocenters. The molecule has 1 aliphatic carbocycles. The quantitative estimate of drug-likeness (QED) is 0.686. The Morgan fingerprint density at radius 1 is 1.10 bits per heavy atom.